The molecule has 2 aromatic carbocycles. The SMILES string of the molecule is Cc1nn(-c2ccc(Nc3ccc(NC(=O)CN4C(=O)c5ccccc5C4=O)cc3)nn2)c(C)c1C. The Morgan fingerprint density at radius 1 is 0.833 bits per heavy atom. The molecule has 3 amide bonds. The van der Waals surface area contributed by atoms with Crippen LogP contribution in [0, 0.1) is 20.8 Å². The number of aromatic nitrogens is 4. The molecular weight excluding hydrogens is 458 g/mol. The van der Waals surface area contributed by atoms with E-state index in [1.807, 2.05) is 32.9 Å². The van der Waals surface area contributed by atoms with Crippen LogP contribution in [-0.2, 0) is 4.79 Å². The Hall–Kier alpha value is -4.86. The maximum Gasteiger partial charge on any atom is 0.262 e. The van der Waals surface area contributed by atoms with Gasteiger partial charge in [0.05, 0.1) is 16.8 Å². The number of carbonyl (C=O) groups excluding carboxylic acids is 3. The summed E-state index contributed by atoms with van der Waals surface area (Å²) in [7, 11) is 0. The van der Waals surface area contributed by atoms with Gasteiger partial charge in [0.1, 0.15) is 6.54 Å². The van der Waals surface area contributed by atoms with Gasteiger partial charge < -0.3 is 10.6 Å². The van der Waals surface area contributed by atoms with Crippen molar-refractivity contribution in [2.24, 2.45) is 0 Å². The largest absolute Gasteiger partial charge is 0.339 e. The minimum absolute atomic E-state index is 0.312. The second-order valence-electron chi connectivity index (χ2n) is 8.48. The predicted molar refractivity (Wildman–Crippen MR) is 134 cm³/mol. The van der Waals surface area contributed by atoms with Gasteiger partial charge in [-0.3, -0.25) is 19.3 Å². The highest BCUT2D eigenvalue weighted by Crippen LogP contribution is 2.23. The first-order chi connectivity index (χ1) is 17.3. The molecule has 10 nitrogen and oxygen atoms in total. The van der Waals surface area contributed by atoms with E-state index in [9.17, 15) is 14.4 Å². The van der Waals surface area contributed by atoms with E-state index < -0.39 is 17.7 Å². The fourth-order valence-electron chi connectivity index (χ4n) is 3.96. The van der Waals surface area contributed by atoms with Crippen LogP contribution in [0.4, 0.5) is 17.2 Å². The number of hydrogen-bond donors (Lipinski definition) is 2. The van der Waals surface area contributed by atoms with Crippen LogP contribution in [0.25, 0.3) is 5.82 Å². The van der Waals surface area contributed by atoms with Crippen molar-refractivity contribution in [1.82, 2.24) is 24.9 Å². The highest BCUT2D eigenvalue weighted by Gasteiger charge is 2.36. The lowest BCUT2D eigenvalue weighted by Crippen LogP contribution is -2.37. The molecule has 0 saturated carbocycles. The molecule has 2 aromatic heterocycles. The Bertz CT molecular complexity index is 1460. The van der Waals surface area contributed by atoms with E-state index in [1.54, 1.807) is 53.2 Å². The normalized spacial score (nSPS) is 12.6. The summed E-state index contributed by atoms with van der Waals surface area (Å²) in [5.41, 5.74) is 4.99. The molecule has 0 atom stereocenters. The van der Waals surface area contributed by atoms with E-state index in [0.29, 0.717) is 28.5 Å². The van der Waals surface area contributed by atoms with E-state index in [1.165, 1.54) is 0 Å². The van der Waals surface area contributed by atoms with Crippen molar-refractivity contribution >= 4 is 34.9 Å². The first-order valence-electron chi connectivity index (χ1n) is 11.3. The Balaban J connectivity index is 1.19. The Morgan fingerprint density at radius 3 is 2.03 bits per heavy atom. The molecule has 180 valence electrons. The lowest BCUT2D eigenvalue weighted by molar-refractivity contribution is -0.116. The molecule has 0 radical (unpaired) electrons. The van der Waals surface area contributed by atoms with E-state index in [-0.39, 0.29) is 6.54 Å². The third-order valence-corrected chi connectivity index (χ3v) is 6.14. The number of hydrogen-bond acceptors (Lipinski definition) is 7. The number of nitrogens with one attached hydrogen (secondary N) is 2. The zero-order chi connectivity index (χ0) is 25.4. The molecule has 36 heavy (non-hydrogen) atoms. The molecule has 1 aliphatic rings. The number of rotatable bonds is 6. The number of aryl methyl sites for hydroxylation is 1. The molecule has 2 N–H and O–H groups in total. The van der Waals surface area contributed by atoms with Gasteiger partial charge in [0.25, 0.3) is 11.8 Å². The molecule has 0 aliphatic carbocycles. The number of amides is 3. The smallest absolute Gasteiger partial charge is 0.262 e. The third-order valence-electron chi connectivity index (χ3n) is 6.14. The Morgan fingerprint density at radius 2 is 1.47 bits per heavy atom. The quantitative estimate of drug-likeness (QED) is 0.404. The molecule has 0 spiro atoms. The van der Waals surface area contributed by atoms with Gasteiger partial charge in [0.15, 0.2) is 11.6 Å². The van der Waals surface area contributed by atoms with Gasteiger partial charge in [0, 0.05) is 17.1 Å². The van der Waals surface area contributed by atoms with Gasteiger partial charge in [-0.25, -0.2) is 4.68 Å². The highest BCUT2D eigenvalue weighted by molar-refractivity contribution is 6.22. The molecule has 3 heterocycles. The van der Waals surface area contributed by atoms with Crippen molar-refractivity contribution in [2.45, 2.75) is 20.8 Å². The summed E-state index contributed by atoms with van der Waals surface area (Å²) in [6.45, 7) is 5.61. The fraction of sp³-hybridized carbons (Fsp3) is 0.154. The summed E-state index contributed by atoms with van der Waals surface area (Å²) in [5, 5.41) is 18.9. The minimum Gasteiger partial charge on any atom is -0.339 e. The highest BCUT2D eigenvalue weighted by atomic mass is 16.2. The van der Waals surface area contributed by atoms with Crippen molar-refractivity contribution in [3.63, 3.8) is 0 Å². The minimum atomic E-state index is -0.467. The zero-order valence-corrected chi connectivity index (χ0v) is 19.9. The topological polar surface area (TPSA) is 122 Å². The van der Waals surface area contributed by atoms with Crippen LogP contribution in [0.3, 0.4) is 0 Å². The summed E-state index contributed by atoms with van der Waals surface area (Å²) in [6, 6.07) is 17.2. The van der Waals surface area contributed by atoms with Gasteiger partial charge in [0.2, 0.25) is 5.91 Å². The average molecular weight is 482 g/mol. The lowest BCUT2D eigenvalue weighted by atomic mass is 10.1. The summed E-state index contributed by atoms with van der Waals surface area (Å²) >= 11 is 0. The number of fused-ring (bicyclic) bond motifs is 1. The molecular formula is C26H23N7O3. The standard InChI is InChI=1S/C26H23N7O3/c1-15-16(2)31-33(17(15)3)23-13-12-22(29-30-23)27-18-8-10-19(11-9-18)28-24(34)14-32-25(35)20-6-4-5-7-21(20)26(32)36/h4-13H,14H2,1-3H3,(H,27,29)(H,28,34). The maximum atomic E-state index is 12.5. The van der Waals surface area contributed by atoms with Crippen LogP contribution in [0.1, 0.15) is 37.7 Å². The van der Waals surface area contributed by atoms with E-state index >= 15 is 0 Å². The van der Waals surface area contributed by atoms with E-state index in [4.69, 9.17) is 0 Å². The lowest BCUT2D eigenvalue weighted by Gasteiger charge is -2.14. The van der Waals surface area contributed by atoms with Gasteiger partial charge >= 0.3 is 0 Å². The van der Waals surface area contributed by atoms with Crippen LogP contribution in [-0.4, -0.2) is 49.1 Å². The molecule has 0 bridgehead atoms. The van der Waals surface area contributed by atoms with Crippen LogP contribution < -0.4 is 10.6 Å². The van der Waals surface area contributed by atoms with Gasteiger partial charge in [-0.15, -0.1) is 10.2 Å². The predicted octanol–water partition coefficient (Wildman–Crippen LogP) is 3.57. The van der Waals surface area contributed by atoms with Crippen LogP contribution in [0.2, 0.25) is 0 Å². The van der Waals surface area contributed by atoms with E-state index in [0.717, 1.165) is 27.5 Å². The van der Waals surface area contributed by atoms with Crippen molar-refractivity contribution in [3.05, 3.63) is 88.7 Å². The van der Waals surface area contributed by atoms with Gasteiger partial charge in [-0.1, -0.05) is 12.1 Å². The van der Waals surface area contributed by atoms with Crippen molar-refractivity contribution < 1.29 is 14.4 Å². The second-order valence-corrected chi connectivity index (χ2v) is 8.48. The van der Waals surface area contributed by atoms with Crippen LogP contribution >= 0.6 is 0 Å². The zero-order valence-electron chi connectivity index (χ0n) is 19.9. The molecule has 0 saturated heterocycles. The molecule has 0 fully saturated rings. The monoisotopic (exact) mass is 481 g/mol. The average Bonchev–Trinajstić information content (AvgIpc) is 3.28. The molecule has 10 heteroatoms. The summed E-state index contributed by atoms with van der Waals surface area (Å²) in [6.07, 6.45) is 0. The molecule has 5 rings (SSSR count). The Labute approximate surface area is 207 Å². The number of imide groups is 1. The first kappa shape index (κ1) is 22.9. The summed E-state index contributed by atoms with van der Waals surface area (Å²) in [5.74, 6) is -0.216. The number of anilines is 3. The Kier molecular flexibility index (Phi) is 5.77. The van der Waals surface area contributed by atoms with E-state index in [2.05, 4.69) is 25.9 Å². The van der Waals surface area contributed by atoms with Crippen molar-refractivity contribution in [2.75, 3.05) is 17.2 Å². The van der Waals surface area contributed by atoms with Crippen LogP contribution in [0.15, 0.2) is 60.7 Å². The number of carbonyl (C=O) groups is 3. The van der Waals surface area contributed by atoms with Crippen molar-refractivity contribution in [3.8, 4) is 5.82 Å². The molecule has 4 aromatic rings. The number of nitrogens with zero attached hydrogens (tertiary/aromatic N) is 5. The number of benzene rings is 2. The van der Waals surface area contributed by atoms with Gasteiger partial charge in [-0.05, 0) is 74.9 Å². The second kappa shape index (κ2) is 9.06. The molecule has 1 aliphatic heterocycles. The first-order valence-corrected chi connectivity index (χ1v) is 11.3. The summed E-state index contributed by atoms with van der Waals surface area (Å²) < 4.78 is 1.76. The summed E-state index contributed by atoms with van der Waals surface area (Å²) in [4.78, 5) is 38.3. The van der Waals surface area contributed by atoms with Gasteiger partial charge in [-0.2, -0.15) is 5.10 Å². The third kappa shape index (κ3) is 4.20. The van der Waals surface area contributed by atoms with Crippen molar-refractivity contribution in [1.29, 1.82) is 0 Å². The van der Waals surface area contributed by atoms with Crippen LogP contribution in [0.5, 0.6) is 0 Å². The maximum absolute atomic E-state index is 12.5. The molecule has 0 unspecified atom stereocenters. The fourth-order valence-corrected chi connectivity index (χ4v) is 3.96.